The van der Waals surface area contributed by atoms with E-state index in [4.69, 9.17) is 4.74 Å². The summed E-state index contributed by atoms with van der Waals surface area (Å²) in [5.41, 5.74) is 0. The minimum atomic E-state index is -0.236. The molecule has 0 aromatic carbocycles. The lowest BCUT2D eigenvalue weighted by molar-refractivity contribution is -0.120. The molecule has 6 heteroatoms. The summed E-state index contributed by atoms with van der Waals surface area (Å²) in [5.74, 6) is -0.0247. The van der Waals surface area contributed by atoms with Gasteiger partial charge in [-0.05, 0) is 24.3 Å². The minimum absolute atomic E-state index is 0.0247. The Balaban J connectivity index is 1.42. The minimum Gasteiger partial charge on any atom is -0.442 e. The highest BCUT2D eigenvalue weighted by Gasteiger charge is 2.40. The average molecular weight is 280 g/mol. The fraction of sp³-hybridized carbons (Fsp3) is 0.538. The maximum Gasteiger partial charge on any atom is 0.410 e. The Morgan fingerprint density at radius 1 is 1.53 bits per heavy atom. The summed E-state index contributed by atoms with van der Waals surface area (Å²) in [6.45, 7) is 1.00. The van der Waals surface area contributed by atoms with Gasteiger partial charge in [-0.2, -0.15) is 0 Å². The van der Waals surface area contributed by atoms with Crippen molar-refractivity contribution in [1.29, 1.82) is 0 Å². The molecule has 0 spiro atoms. The zero-order valence-electron chi connectivity index (χ0n) is 10.5. The van der Waals surface area contributed by atoms with Gasteiger partial charge in [-0.1, -0.05) is 6.07 Å². The molecular weight excluding hydrogens is 264 g/mol. The number of nitrogens with zero attached hydrogens (tertiary/aromatic N) is 1. The van der Waals surface area contributed by atoms with Gasteiger partial charge in [0, 0.05) is 10.9 Å². The van der Waals surface area contributed by atoms with E-state index in [-0.39, 0.29) is 18.1 Å². The Bertz CT molecular complexity index is 470. The molecular formula is C13H16N2O3S. The molecule has 1 N–H and O–H groups in total. The van der Waals surface area contributed by atoms with Crippen molar-refractivity contribution in [2.45, 2.75) is 31.4 Å². The topological polar surface area (TPSA) is 58.6 Å². The Labute approximate surface area is 115 Å². The maximum atomic E-state index is 11.7. The summed E-state index contributed by atoms with van der Waals surface area (Å²) >= 11 is 1.57. The molecule has 1 saturated carbocycles. The van der Waals surface area contributed by atoms with Crippen molar-refractivity contribution in [2.75, 3.05) is 13.1 Å². The van der Waals surface area contributed by atoms with Crippen LogP contribution in [0.3, 0.4) is 0 Å². The number of rotatable bonds is 5. The molecule has 2 fully saturated rings. The molecule has 102 valence electrons. The predicted octanol–water partition coefficient (Wildman–Crippen LogP) is 1.39. The van der Waals surface area contributed by atoms with Crippen LogP contribution in [0.1, 0.15) is 17.7 Å². The first-order valence-corrected chi connectivity index (χ1v) is 7.36. The smallest absolute Gasteiger partial charge is 0.410 e. The summed E-state index contributed by atoms with van der Waals surface area (Å²) in [4.78, 5) is 26.1. The molecule has 1 atom stereocenters. The van der Waals surface area contributed by atoms with E-state index in [0.717, 1.165) is 17.7 Å². The van der Waals surface area contributed by atoms with Crippen LogP contribution in [-0.2, 0) is 16.0 Å². The lowest BCUT2D eigenvalue weighted by Gasteiger charge is -2.11. The number of thiophene rings is 1. The molecule has 3 rings (SSSR count). The number of amides is 2. The highest BCUT2D eigenvalue weighted by molar-refractivity contribution is 7.10. The summed E-state index contributed by atoms with van der Waals surface area (Å²) in [6, 6.07) is 4.24. The fourth-order valence-electron chi connectivity index (χ4n) is 2.19. The molecule has 1 aromatic rings. The third kappa shape index (κ3) is 3.07. The molecule has 1 aliphatic carbocycles. The van der Waals surface area contributed by atoms with E-state index in [1.54, 1.807) is 16.2 Å². The SMILES string of the molecule is O=C(Cc1cccs1)NCC1CN(C2CC2)C(=O)O1. The van der Waals surface area contributed by atoms with Gasteiger partial charge in [-0.15, -0.1) is 11.3 Å². The maximum absolute atomic E-state index is 11.7. The zero-order chi connectivity index (χ0) is 13.2. The number of hydrogen-bond acceptors (Lipinski definition) is 4. The molecule has 2 aliphatic rings. The molecule has 0 radical (unpaired) electrons. The van der Waals surface area contributed by atoms with Gasteiger partial charge in [-0.3, -0.25) is 4.79 Å². The molecule has 19 heavy (non-hydrogen) atoms. The van der Waals surface area contributed by atoms with Crippen molar-refractivity contribution in [3.8, 4) is 0 Å². The highest BCUT2D eigenvalue weighted by atomic mass is 32.1. The summed E-state index contributed by atoms with van der Waals surface area (Å²) < 4.78 is 5.24. The molecule has 2 heterocycles. The average Bonchev–Trinajstić information content (AvgIpc) is 2.97. The number of cyclic esters (lactones) is 1. The quantitative estimate of drug-likeness (QED) is 0.886. The second kappa shape index (κ2) is 5.21. The first kappa shape index (κ1) is 12.5. The molecule has 1 unspecified atom stereocenters. The first-order valence-electron chi connectivity index (χ1n) is 6.48. The van der Waals surface area contributed by atoms with Gasteiger partial charge in [-0.25, -0.2) is 4.79 Å². The van der Waals surface area contributed by atoms with Crippen molar-refractivity contribution in [3.05, 3.63) is 22.4 Å². The van der Waals surface area contributed by atoms with Crippen LogP contribution in [0.4, 0.5) is 4.79 Å². The number of ether oxygens (including phenoxy) is 1. The standard InChI is InChI=1S/C13H16N2O3S/c16-12(6-11-2-1-5-19-11)14-7-10-8-15(9-3-4-9)13(17)18-10/h1-2,5,9-10H,3-4,6-8H2,(H,14,16). The van der Waals surface area contributed by atoms with Gasteiger partial charge in [0.1, 0.15) is 6.10 Å². The summed E-state index contributed by atoms with van der Waals surface area (Å²) in [5, 5.41) is 4.78. The number of carbonyl (C=O) groups is 2. The van der Waals surface area contributed by atoms with Gasteiger partial charge in [0.05, 0.1) is 19.5 Å². The molecule has 1 aliphatic heterocycles. The van der Waals surface area contributed by atoms with Crippen LogP contribution in [0.5, 0.6) is 0 Å². The molecule has 0 bridgehead atoms. The normalized spacial score (nSPS) is 22.4. The van der Waals surface area contributed by atoms with Gasteiger partial charge in [0.25, 0.3) is 0 Å². The van der Waals surface area contributed by atoms with E-state index >= 15 is 0 Å². The zero-order valence-corrected chi connectivity index (χ0v) is 11.3. The van der Waals surface area contributed by atoms with Crippen LogP contribution in [0.25, 0.3) is 0 Å². The Morgan fingerprint density at radius 2 is 2.37 bits per heavy atom. The van der Waals surface area contributed by atoms with Crippen LogP contribution in [-0.4, -0.2) is 42.1 Å². The van der Waals surface area contributed by atoms with E-state index < -0.39 is 0 Å². The molecule has 2 amide bonds. The van der Waals surface area contributed by atoms with Crippen LogP contribution in [0.2, 0.25) is 0 Å². The second-order valence-corrected chi connectivity index (χ2v) is 5.98. The Morgan fingerprint density at radius 3 is 3.05 bits per heavy atom. The Hall–Kier alpha value is -1.56. The lowest BCUT2D eigenvalue weighted by Crippen LogP contribution is -2.35. The second-order valence-electron chi connectivity index (χ2n) is 4.95. The molecule has 1 saturated heterocycles. The van der Waals surface area contributed by atoms with Gasteiger partial charge < -0.3 is 15.0 Å². The number of carbonyl (C=O) groups excluding carboxylic acids is 2. The van der Waals surface area contributed by atoms with Gasteiger partial charge >= 0.3 is 6.09 Å². The van der Waals surface area contributed by atoms with E-state index in [0.29, 0.717) is 25.6 Å². The van der Waals surface area contributed by atoms with Crippen LogP contribution < -0.4 is 5.32 Å². The van der Waals surface area contributed by atoms with Crippen LogP contribution in [0.15, 0.2) is 17.5 Å². The van der Waals surface area contributed by atoms with E-state index in [9.17, 15) is 9.59 Å². The van der Waals surface area contributed by atoms with Crippen LogP contribution >= 0.6 is 11.3 Å². The van der Waals surface area contributed by atoms with E-state index in [2.05, 4.69) is 5.32 Å². The van der Waals surface area contributed by atoms with Crippen molar-refractivity contribution in [1.82, 2.24) is 10.2 Å². The van der Waals surface area contributed by atoms with Crippen molar-refractivity contribution in [2.24, 2.45) is 0 Å². The monoisotopic (exact) mass is 280 g/mol. The highest BCUT2D eigenvalue weighted by Crippen LogP contribution is 2.30. The largest absolute Gasteiger partial charge is 0.442 e. The first-order chi connectivity index (χ1) is 9.22. The summed E-state index contributed by atoms with van der Waals surface area (Å²) in [6.07, 6.45) is 2.10. The van der Waals surface area contributed by atoms with Gasteiger partial charge in [0.15, 0.2) is 0 Å². The number of hydrogen-bond donors (Lipinski definition) is 1. The van der Waals surface area contributed by atoms with Crippen molar-refractivity contribution < 1.29 is 14.3 Å². The Kier molecular flexibility index (Phi) is 3.42. The third-order valence-corrected chi connectivity index (χ3v) is 4.21. The van der Waals surface area contributed by atoms with E-state index in [1.807, 2.05) is 17.5 Å². The van der Waals surface area contributed by atoms with Crippen molar-refractivity contribution >= 4 is 23.3 Å². The fourth-order valence-corrected chi connectivity index (χ4v) is 2.90. The van der Waals surface area contributed by atoms with Crippen molar-refractivity contribution in [3.63, 3.8) is 0 Å². The number of nitrogens with one attached hydrogen (secondary N) is 1. The molecule has 1 aromatic heterocycles. The van der Waals surface area contributed by atoms with Gasteiger partial charge in [0.2, 0.25) is 5.91 Å². The lowest BCUT2D eigenvalue weighted by atomic mass is 10.3. The predicted molar refractivity (Wildman–Crippen MR) is 71.0 cm³/mol. The third-order valence-electron chi connectivity index (χ3n) is 3.33. The molecule has 5 nitrogen and oxygen atoms in total. The summed E-state index contributed by atoms with van der Waals surface area (Å²) in [7, 11) is 0. The van der Waals surface area contributed by atoms with Crippen LogP contribution in [0, 0.1) is 0 Å². The van der Waals surface area contributed by atoms with E-state index in [1.165, 1.54) is 0 Å².